The maximum Gasteiger partial charge on any atom is 0.210 e. The lowest BCUT2D eigenvalue weighted by Gasteiger charge is -1.85. The molecule has 10 heavy (non-hydrogen) atoms. The molecule has 0 aliphatic rings. The Morgan fingerprint density at radius 3 is 3.10 bits per heavy atom. The number of ketones is 1. The van der Waals surface area contributed by atoms with Gasteiger partial charge >= 0.3 is 0 Å². The molecule has 0 spiro atoms. The number of Topliss-reactive ketones (excluding diaryl/α,β-unsaturated/α-hetero) is 1. The second-order valence-electron chi connectivity index (χ2n) is 1.82. The van der Waals surface area contributed by atoms with E-state index < -0.39 is 0 Å². The Morgan fingerprint density at radius 1 is 1.80 bits per heavy atom. The summed E-state index contributed by atoms with van der Waals surface area (Å²) < 4.78 is 0. The van der Waals surface area contributed by atoms with Gasteiger partial charge < -0.3 is 0 Å². The number of hydrogen-bond donors (Lipinski definition) is 0. The second-order valence-corrected chi connectivity index (χ2v) is 2.86. The number of carbonyl (C=O) groups is 1. The van der Waals surface area contributed by atoms with Gasteiger partial charge in [0, 0.05) is 4.88 Å². The van der Waals surface area contributed by atoms with Crippen LogP contribution in [0.3, 0.4) is 0 Å². The molecule has 0 N–H and O–H groups in total. The third-order valence-corrected chi connectivity index (χ3v) is 1.95. The van der Waals surface area contributed by atoms with Crippen molar-refractivity contribution >= 4 is 17.1 Å². The Kier molecular flexibility index (Phi) is 2.24. The minimum Gasteiger partial charge on any atom is -0.285 e. The molecule has 0 unspecified atom stereocenters. The second kappa shape index (κ2) is 3.19. The Bertz CT molecular complexity index is 253. The first-order valence-electron chi connectivity index (χ1n) is 2.85. The minimum absolute atomic E-state index is 0.151. The maximum atomic E-state index is 10.6. The lowest BCUT2D eigenvalue weighted by Crippen LogP contribution is -1.95. The number of rotatable bonds is 2. The van der Waals surface area contributed by atoms with Crippen molar-refractivity contribution in [3.8, 4) is 12.3 Å². The van der Waals surface area contributed by atoms with Gasteiger partial charge in [-0.05, 0) is 17.4 Å². The summed E-state index contributed by atoms with van der Waals surface area (Å²) in [7, 11) is 0. The number of hydrogen-bond acceptors (Lipinski definition) is 2. The first kappa shape index (κ1) is 7.04. The summed E-state index contributed by atoms with van der Waals surface area (Å²) >= 11 is 1.55. The zero-order valence-corrected chi connectivity index (χ0v) is 6.15. The summed E-state index contributed by atoms with van der Waals surface area (Å²) in [6, 6.07) is 3.81. The molecule has 0 saturated heterocycles. The Morgan fingerprint density at radius 2 is 2.60 bits per heavy atom. The van der Waals surface area contributed by atoms with E-state index in [4.69, 9.17) is 6.42 Å². The molecule has 0 aromatic carbocycles. The molecule has 1 aromatic heterocycles. The summed E-state index contributed by atoms with van der Waals surface area (Å²) in [5, 5.41) is 1.93. The molecular weight excluding hydrogens is 144 g/mol. The van der Waals surface area contributed by atoms with Crippen molar-refractivity contribution in [1.82, 2.24) is 0 Å². The van der Waals surface area contributed by atoms with Gasteiger partial charge in [-0.25, -0.2) is 0 Å². The van der Waals surface area contributed by atoms with Gasteiger partial charge in [-0.15, -0.1) is 17.8 Å². The van der Waals surface area contributed by atoms with Gasteiger partial charge in [0.05, 0.1) is 6.42 Å². The van der Waals surface area contributed by atoms with Crippen LogP contribution in [0.2, 0.25) is 0 Å². The predicted octanol–water partition coefficient (Wildman–Crippen LogP) is 1.49. The Hall–Kier alpha value is -1.07. The zero-order valence-electron chi connectivity index (χ0n) is 5.33. The highest BCUT2D eigenvalue weighted by Gasteiger charge is 1.98. The van der Waals surface area contributed by atoms with Crippen molar-refractivity contribution < 1.29 is 4.79 Å². The fourth-order valence-corrected chi connectivity index (χ4v) is 1.33. The molecule has 2 heteroatoms. The molecule has 0 radical (unpaired) electrons. The van der Waals surface area contributed by atoms with Gasteiger partial charge in [-0.1, -0.05) is 6.07 Å². The number of terminal acetylenes is 1. The molecule has 1 rings (SSSR count). The number of carbonyl (C=O) groups excluding carboxylic acids is 1. The van der Waals surface area contributed by atoms with Crippen LogP contribution >= 0.6 is 11.3 Å². The van der Waals surface area contributed by atoms with Crippen molar-refractivity contribution in [3.05, 3.63) is 22.4 Å². The summed E-state index contributed by atoms with van der Waals surface area (Å²) in [6.45, 7) is 0. The summed E-state index contributed by atoms with van der Waals surface area (Å²) in [5.41, 5.74) is 0. The van der Waals surface area contributed by atoms with E-state index >= 15 is 0 Å². The van der Waals surface area contributed by atoms with Gasteiger partial charge in [0.25, 0.3) is 0 Å². The fourth-order valence-electron chi connectivity index (χ4n) is 0.622. The van der Waals surface area contributed by atoms with Crippen LogP contribution < -0.4 is 0 Å². The quantitative estimate of drug-likeness (QED) is 0.461. The van der Waals surface area contributed by atoms with Gasteiger partial charge in [0.15, 0.2) is 0 Å². The third kappa shape index (κ3) is 1.71. The van der Waals surface area contributed by atoms with Crippen LogP contribution in [-0.4, -0.2) is 5.78 Å². The van der Waals surface area contributed by atoms with E-state index in [2.05, 4.69) is 5.92 Å². The lowest BCUT2D eigenvalue weighted by molar-refractivity contribution is -0.113. The molecule has 1 heterocycles. The largest absolute Gasteiger partial charge is 0.285 e. The monoisotopic (exact) mass is 150 g/mol. The van der Waals surface area contributed by atoms with Crippen LogP contribution in [0, 0.1) is 12.3 Å². The van der Waals surface area contributed by atoms with Crippen LogP contribution in [0.15, 0.2) is 17.5 Å². The molecule has 0 atom stereocenters. The molecule has 0 aliphatic carbocycles. The summed E-state index contributed by atoms with van der Waals surface area (Å²) in [5.74, 6) is 1.92. The fraction of sp³-hybridized carbons (Fsp3) is 0.125. The number of thiophene rings is 1. The first-order chi connectivity index (χ1) is 4.83. The van der Waals surface area contributed by atoms with E-state index in [1.165, 1.54) is 0 Å². The van der Waals surface area contributed by atoms with Gasteiger partial charge in [0.2, 0.25) is 5.78 Å². The van der Waals surface area contributed by atoms with Crippen molar-refractivity contribution in [2.75, 3.05) is 0 Å². The topological polar surface area (TPSA) is 17.1 Å². The average Bonchev–Trinajstić information content (AvgIpc) is 2.40. The average molecular weight is 150 g/mol. The first-order valence-corrected chi connectivity index (χ1v) is 3.72. The molecule has 0 saturated carbocycles. The van der Waals surface area contributed by atoms with E-state index in [1.807, 2.05) is 17.5 Å². The molecule has 50 valence electrons. The smallest absolute Gasteiger partial charge is 0.210 e. The minimum atomic E-state index is -0.151. The van der Waals surface area contributed by atoms with Crippen molar-refractivity contribution in [3.63, 3.8) is 0 Å². The van der Waals surface area contributed by atoms with E-state index in [9.17, 15) is 4.79 Å². The Balaban J connectivity index is 2.59. The van der Waals surface area contributed by atoms with E-state index in [-0.39, 0.29) is 5.78 Å². The highest BCUT2D eigenvalue weighted by atomic mass is 32.1. The van der Waals surface area contributed by atoms with Crippen molar-refractivity contribution in [2.24, 2.45) is 0 Å². The zero-order chi connectivity index (χ0) is 7.40. The molecule has 0 fully saturated rings. The maximum absolute atomic E-state index is 10.6. The molecule has 1 nitrogen and oxygen atoms in total. The van der Waals surface area contributed by atoms with Gasteiger partial charge in [0.1, 0.15) is 0 Å². The van der Waals surface area contributed by atoms with Crippen LogP contribution in [0.5, 0.6) is 0 Å². The molecular formula is C8H6OS. The molecule has 0 bridgehead atoms. The van der Waals surface area contributed by atoms with Crippen LogP contribution in [-0.2, 0) is 11.2 Å². The molecule has 1 aromatic rings. The van der Waals surface area contributed by atoms with Crippen LogP contribution in [0.4, 0.5) is 0 Å². The van der Waals surface area contributed by atoms with Gasteiger partial charge in [-0.2, -0.15) is 0 Å². The van der Waals surface area contributed by atoms with Crippen molar-refractivity contribution in [2.45, 2.75) is 6.42 Å². The van der Waals surface area contributed by atoms with Crippen molar-refractivity contribution in [1.29, 1.82) is 0 Å². The normalized spacial score (nSPS) is 8.70. The predicted molar refractivity (Wildman–Crippen MR) is 41.9 cm³/mol. The standard InChI is InChI=1S/C8H6OS/c1-2-7(9)6-8-4-3-5-10-8/h1,3-5H,6H2. The van der Waals surface area contributed by atoms with E-state index in [0.717, 1.165) is 4.88 Å². The highest BCUT2D eigenvalue weighted by Crippen LogP contribution is 2.08. The van der Waals surface area contributed by atoms with Gasteiger partial charge in [-0.3, -0.25) is 4.79 Å². The highest BCUT2D eigenvalue weighted by molar-refractivity contribution is 7.10. The summed E-state index contributed by atoms with van der Waals surface area (Å²) in [4.78, 5) is 11.7. The molecule has 0 aliphatic heterocycles. The van der Waals surface area contributed by atoms with E-state index in [0.29, 0.717) is 6.42 Å². The lowest BCUT2D eigenvalue weighted by atomic mass is 10.2. The Labute approximate surface area is 63.7 Å². The van der Waals surface area contributed by atoms with Crippen LogP contribution in [0.1, 0.15) is 4.88 Å². The SMILES string of the molecule is C#CC(=O)Cc1cccs1. The van der Waals surface area contributed by atoms with Crippen LogP contribution in [0.25, 0.3) is 0 Å². The van der Waals surface area contributed by atoms with E-state index in [1.54, 1.807) is 11.3 Å². The third-order valence-electron chi connectivity index (χ3n) is 1.08. The summed E-state index contributed by atoms with van der Waals surface area (Å²) in [6.07, 6.45) is 5.28. The molecule has 0 amide bonds.